The van der Waals surface area contributed by atoms with Crippen LogP contribution < -0.4 is 10.6 Å². The number of hydrogen-bond acceptors (Lipinski definition) is 5. The van der Waals surface area contributed by atoms with Crippen LogP contribution in [0.25, 0.3) is 0 Å². The highest BCUT2D eigenvalue weighted by Gasteiger charge is 2.15. The molecule has 5 nitrogen and oxygen atoms in total. The Morgan fingerprint density at radius 2 is 2.00 bits per heavy atom. The maximum atomic E-state index is 5.37. The molecule has 1 saturated heterocycles. The van der Waals surface area contributed by atoms with Gasteiger partial charge in [0.1, 0.15) is 18.0 Å². The highest BCUT2D eigenvalue weighted by molar-refractivity contribution is 5.57. The van der Waals surface area contributed by atoms with Crippen molar-refractivity contribution in [3.63, 3.8) is 0 Å². The lowest BCUT2D eigenvalue weighted by Gasteiger charge is -2.23. The van der Waals surface area contributed by atoms with Crippen LogP contribution in [0.1, 0.15) is 25.3 Å². The molecule has 1 aromatic rings. The first-order valence-corrected chi connectivity index (χ1v) is 6.68. The number of anilines is 2. The molecule has 0 spiro atoms. The topological polar surface area (TPSA) is 59.1 Å². The highest BCUT2D eigenvalue weighted by Crippen LogP contribution is 2.21. The van der Waals surface area contributed by atoms with Crippen LogP contribution in [0.15, 0.2) is 6.33 Å². The van der Waals surface area contributed by atoms with Crippen LogP contribution in [-0.4, -0.2) is 36.8 Å². The zero-order valence-corrected chi connectivity index (χ0v) is 11.2. The lowest BCUT2D eigenvalue weighted by Crippen LogP contribution is -2.23. The monoisotopic (exact) mass is 250 g/mol. The minimum atomic E-state index is 0.691. The summed E-state index contributed by atoms with van der Waals surface area (Å²) >= 11 is 0. The van der Waals surface area contributed by atoms with Crippen LogP contribution in [0.3, 0.4) is 0 Å². The molecule has 1 aliphatic heterocycles. The van der Waals surface area contributed by atoms with Crippen LogP contribution in [0, 0.1) is 5.92 Å². The zero-order valence-electron chi connectivity index (χ0n) is 11.2. The Labute approximate surface area is 108 Å². The molecule has 1 aliphatic rings. The first kappa shape index (κ1) is 13.1. The van der Waals surface area contributed by atoms with E-state index in [-0.39, 0.29) is 0 Å². The first-order chi connectivity index (χ1) is 8.85. The Hall–Kier alpha value is -1.36. The second kappa shape index (κ2) is 6.54. The van der Waals surface area contributed by atoms with Gasteiger partial charge in [-0.25, -0.2) is 9.97 Å². The molecular weight excluding hydrogens is 228 g/mol. The average molecular weight is 250 g/mol. The number of hydrogen-bond donors (Lipinski definition) is 2. The molecule has 2 heterocycles. The molecule has 0 aliphatic carbocycles. The molecule has 1 fully saturated rings. The van der Waals surface area contributed by atoms with Gasteiger partial charge in [0.15, 0.2) is 0 Å². The average Bonchev–Trinajstić information content (AvgIpc) is 2.45. The lowest BCUT2D eigenvalue weighted by molar-refractivity contribution is 0.0699. The van der Waals surface area contributed by atoms with Gasteiger partial charge in [0, 0.05) is 32.4 Å². The van der Waals surface area contributed by atoms with Gasteiger partial charge in [-0.15, -0.1) is 0 Å². The van der Waals surface area contributed by atoms with E-state index in [2.05, 4.69) is 27.5 Å². The fourth-order valence-electron chi connectivity index (χ4n) is 2.31. The zero-order chi connectivity index (χ0) is 12.8. The predicted octanol–water partition coefficient (Wildman–Crippen LogP) is 1.92. The summed E-state index contributed by atoms with van der Waals surface area (Å²) in [4.78, 5) is 8.59. The molecule has 100 valence electrons. The normalized spacial score (nSPS) is 16.6. The van der Waals surface area contributed by atoms with E-state index in [4.69, 9.17) is 4.74 Å². The summed E-state index contributed by atoms with van der Waals surface area (Å²) in [6.45, 7) is 4.87. The van der Waals surface area contributed by atoms with E-state index in [1.165, 1.54) is 0 Å². The molecule has 18 heavy (non-hydrogen) atoms. The van der Waals surface area contributed by atoms with Gasteiger partial charge in [0.25, 0.3) is 0 Å². The van der Waals surface area contributed by atoms with Crippen molar-refractivity contribution in [1.29, 1.82) is 0 Å². The molecule has 0 atom stereocenters. The van der Waals surface area contributed by atoms with E-state index in [0.29, 0.717) is 5.92 Å². The Morgan fingerprint density at radius 3 is 2.67 bits per heavy atom. The third-order valence-electron chi connectivity index (χ3n) is 3.43. The van der Waals surface area contributed by atoms with Crippen molar-refractivity contribution in [2.75, 3.05) is 37.4 Å². The third kappa shape index (κ3) is 3.10. The smallest absolute Gasteiger partial charge is 0.134 e. The largest absolute Gasteiger partial charge is 0.381 e. The quantitative estimate of drug-likeness (QED) is 0.836. The molecule has 0 radical (unpaired) electrons. The summed E-state index contributed by atoms with van der Waals surface area (Å²) < 4.78 is 5.37. The molecule has 0 saturated carbocycles. The van der Waals surface area contributed by atoms with Gasteiger partial charge in [-0.2, -0.15) is 0 Å². The predicted molar refractivity (Wildman–Crippen MR) is 73.0 cm³/mol. The molecule has 1 aromatic heterocycles. The fourth-order valence-corrected chi connectivity index (χ4v) is 2.31. The number of nitrogens with zero attached hydrogens (tertiary/aromatic N) is 2. The Balaban J connectivity index is 1.99. The van der Waals surface area contributed by atoms with Gasteiger partial charge in [-0.3, -0.25) is 0 Å². The molecule has 0 amide bonds. The van der Waals surface area contributed by atoms with Crippen molar-refractivity contribution in [2.24, 2.45) is 5.92 Å². The Morgan fingerprint density at radius 1 is 1.28 bits per heavy atom. The van der Waals surface area contributed by atoms with Crippen molar-refractivity contribution >= 4 is 11.6 Å². The summed E-state index contributed by atoms with van der Waals surface area (Å²) in [5.41, 5.74) is 1.16. The van der Waals surface area contributed by atoms with Crippen molar-refractivity contribution in [1.82, 2.24) is 9.97 Å². The SMILES string of the molecule is CCc1c(NC)ncnc1NCC1CCOCC1. The molecule has 2 rings (SSSR count). The van der Waals surface area contributed by atoms with E-state index >= 15 is 0 Å². The molecule has 0 bridgehead atoms. The van der Waals surface area contributed by atoms with Gasteiger partial charge < -0.3 is 15.4 Å². The van der Waals surface area contributed by atoms with Crippen molar-refractivity contribution in [3.8, 4) is 0 Å². The van der Waals surface area contributed by atoms with Crippen LogP contribution in [0.4, 0.5) is 11.6 Å². The molecular formula is C13H22N4O. The number of aromatic nitrogens is 2. The van der Waals surface area contributed by atoms with Crippen molar-refractivity contribution in [2.45, 2.75) is 26.2 Å². The number of nitrogens with one attached hydrogen (secondary N) is 2. The van der Waals surface area contributed by atoms with Gasteiger partial charge in [0.2, 0.25) is 0 Å². The highest BCUT2D eigenvalue weighted by atomic mass is 16.5. The van der Waals surface area contributed by atoms with E-state index in [9.17, 15) is 0 Å². The maximum absolute atomic E-state index is 5.37. The van der Waals surface area contributed by atoms with Gasteiger partial charge in [-0.05, 0) is 25.2 Å². The number of ether oxygens (including phenoxy) is 1. The minimum absolute atomic E-state index is 0.691. The van der Waals surface area contributed by atoms with Crippen molar-refractivity contribution < 1.29 is 4.74 Å². The van der Waals surface area contributed by atoms with Gasteiger partial charge >= 0.3 is 0 Å². The molecule has 5 heteroatoms. The summed E-state index contributed by atoms with van der Waals surface area (Å²) in [6.07, 6.45) is 4.81. The van der Waals surface area contributed by atoms with Crippen LogP contribution in [-0.2, 0) is 11.2 Å². The molecule has 2 N–H and O–H groups in total. The van der Waals surface area contributed by atoms with Crippen LogP contribution in [0.5, 0.6) is 0 Å². The van der Waals surface area contributed by atoms with Crippen LogP contribution in [0.2, 0.25) is 0 Å². The van der Waals surface area contributed by atoms with Crippen LogP contribution >= 0.6 is 0 Å². The minimum Gasteiger partial charge on any atom is -0.381 e. The standard InChI is InChI=1S/C13H22N4O/c1-3-11-12(14-2)16-9-17-13(11)15-8-10-4-6-18-7-5-10/h9-10H,3-8H2,1-2H3,(H2,14,15,16,17). The summed E-state index contributed by atoms with van der Waals surface area (Å²) in [5.74, 6) is 2.57. The van der Waals surface area contributed by atoms with Gasteiger partial charge in [-0.1, -0.05) is 6.92 Å². The second-order valence-corrected chi connectivity index (χ2v) is 4.59. The Bertz CT molecular complexity index is 377. The van der Waals surface area contributed by atoms with E-state index in [1.54, 1.807) is 6.33 Å². The maximum Gasteiger partial charge on any atom is 0.134 e. The van der Waals surface area contributed by atoms with E-state index in [0.717, 1.165) is 56.2 Å². The van der Waals surface area contributed by atoms with E-state index < -0.39 is 0 Å². The van der Waals surface area contributed by atoms with Gasteiger partial charge in [0.05, 0.1) is 0 Å². The van der Waals surface area contributed by atoms with E-state index in [1.807, 2.05) is 7.05 Å². The lowest BCUT2D eigenvalue weighted by atomic mass is 10.0. The molecule has 0 unspecified atom stereocenters. The summed E-state index contributed by atoms with van der Waals surface area (Å²) in [7, 11) is 1.89. The third-order valence-corrected chi connectivity index (χ3v) is 3.43. The number of rotatable bonds is 5. The molecule has 0 aromatic carbocycles. The fraction of sp³-hybridized carbons (Fsp3) is 0.692. The Kier molecular flexibility index (Phi) is 4.75. The first-order valence-electron chi connectivity index (χ1n) is 6.68. The summed E-state index contributed by atoms with van der Waals surface area (Å²) in [6, 6.07) is 0. The summed E-state index contributed by atoms with van der Waals surface area (Å²) in [5, 5.41) is 6.58. The van der Waals surface area contributed by atoms with Crippen molar-refractivity contribution in [3.05, 3.63) is 11.9 Å². The second-order valence-electron chi connectivity index (χ2n) is 4.59.